The van der Waals surface area contributed by atoms with E-state index >= 15 is 0 Å². The van der Waals surface area contributed by atoms with Crippen molar-refractivity contribution in [1.82, 2.24) is 0 Å². The minimum Gasteiger partial charge on any atom is -0.303 e. The van der Waals surface area contributed by atoms with Crippen molar-refractivity contribution in [2.45, 2.75) is 53.9 Å². The van der Waals surface area contributed by atoms with Crippen LogP contribution in [0.5, 0.6) is 0 Å². The summed E-state index contributed by atoms with van der Waals surface area (Å²) in [4.78, 5) is 10.6. The molecule has 0 aromatic heterocycles. The van der Waals surface area contributed by atoms with Crippen LogP contribution in [0.4, 0.5) is 0 Å². The van der Waals surface area contributed by atoms with Crippen LogP contribution in [0.15, 0.2) is 11.6 Å². The van der Waals surface area contributed by atoms with Gasteiger partial charge in [0.15, 0.2) is 0 Å². The first-order valence-electron chi connectivity index (χ1n) is 5.49. The van der Waals surface area contributed by atoms with Crippen LogP contribution in [0.1, 0.15) is 53.9 Å². The van der Waals surface area contributed by atoms with Crippen molar-refractivity contribution < 1.29 is 4.79 Å². The van der Waals surface area contributed by atoms with Crippen LogP contribution in [0.3, 0.4) is 0 Å². The van der Waals surface area contributed by atoms with Crippen LogP contribution < -0.4 is 0 Å². The summed E-state index contributed by atoms with van der Waals surface area (Å²) in [6, 6.07) is 0. The van der Waals surface area contributed by atoms with Gasteiger partial charge in [0.2, 0.25) is 0 Å². The average Bonchev–Trinajstić information content (AvgIpc) is 2.03. The zero-order valence-corrected chi connectivity index (χ0v) is 10.3. The summed E-state index contributed by atoms with van der Waals surface area (Å²) in [5.41, 5.74) is 1.54. The molecule has 0 rings (SSSR count). The summed E-state index contributed by atoms with van der Waals surface area (Å²) >= 11 is 0. The second-order valence-electron chi connectivity index (χ2n) is 5.00. The molecule has 0 fully saturated rings. The minimum atomic E-state index is 0.174. The molecule has 0 heterocycles. The van der Waals surface area contributed by atoms with Crippen molar-refractivity contribution >= 4 is 6.29 Å². The fourth-order valence-electron chi connectivity index (χ4n) is 1.51. The van der Waals surface area contributed by atoms with Crippen LogP contribution in [0.2, 0.25) is 0 Å². The van der Waals surface area contributed by atoms with Gasteiger partial charge in [-0.1, -0.05) is 32.4 Å². The Morgan fingerprint density at radius 3 is 2.29 bits per heavy atom. The van der Waals surface area contributed by atoms with Crippen molar-refractivity contribution in [2.75, 3.05) is 0 Å². The molecule has 1 atom stereocenters. The fourth-order valence-corrected chi connectivity index (χ4v) is 1.51. The topological polar surface area (TPSA) is 17.1 Å². The monoisotopic (exact) mass is 196 g/mol. The van der Waals surface area contributed by atoms with Gasteiger partial charge in [0.05, 0.1) is 0 Å². The van der Waals surface area contributed by atoms with Gasteiger partial charge in [-0.3, -0.25) is 0 Å². The average molecular weight is 196 g/mol. The van der Waals surface area contributed by atoms with Crippen LogP contribution >= 0.6 is 0 Å². The Hall–Kier alpha value is -0.590. The highest BCUT2D eigenvalue weighted by molar-refractivity contribution is 5.50. The lowest BCUT2D eigenvalue weighted by atomic mass is 9.73. The van der Waals surface area contributed by atoms with Crippen molar-refractivity contribution in [3.8, 4) is 0 Å². The van der Waals surface area contributed by atoms with Crippen LogP contribution in [0.25, 0.3) is 0 Å². The number of carbonyl (C=O) groups excluding carboxylic acids is 1. The molecular formula is C13H24O. The number of rotatable bonds is 6. The summed E-state index contributed by atoms with van der Waals surface area (Å²) in [5.74, 6) is 0.568. The number of carbonyl (C=O) groups is 1. The van der Waals surface area contributed by atoms with E-state index < -0.39 is 0 Å². The third-order valence-electron chi connectivity index (χ3n) is 3.21. The van der Waals surface area contributed by atoms with Crippen molar-refractivity contribution in [1.29, 1.82) is 0 Å². The molecule has 0 amide bonds. The van der Waals surface area contributed by atoms with E-state index in [1.165, 1.54) is 5.57 Å². The molecule has 0 aliphatic heterocycles. The molecular weight excluding hydrogens is 172 g/mol. The second-order valence-corrected chi connectivity index (χ2v) is 5.00. The lowest BCUT2D eigenvalue weighted by Gasteiger charge is -2.31. The molecule has 1 heteroatoms. The Kier molecular flexibility index (Phi) is 5.75. The smallest absolute Gasteiger partial charge is 0.120 e. The molecule has 0 radical (unpaired) electrons. The predicted molar refractivity (Wildman–Crippen MR) is 62.3 cm³/mol. The molecule has 0 aromatic rings. The van der Waals surface area contributed by atoms with Gasteiger partial charge in [-0.15, -0.1) is 0 Å². The molecule has 0 spiro atoms. The molecule has 0 aliphatic carbocycles. The Balaban J connectivity index is 4.23. The molecule has 0 aromatic carbocycles. The van der Waals surface area contributed by atoms with E-state index in [-0.39, 0.29) is 5.41 Å². The van der Waals surface area contributed by atoms with Crippen LogP contribution in [0, 0.1) is 11.3 Å². The highest BCUT2D eigenvalue weighted by atomic mass is 16.1. The fraction of sp³-hybridized carbons (Fsp3) is 0.769. The molecule has 0 saturated carbocycles. The minimum absolute atomic E-state index is 0.174. The largest absolute Gasteiger partial charge is 0.303 e. The summed E-state index contributed by atoms with van der Waals surface area (Å²) in [6.07, 6.45) is 6.19. The standard InChI is InChI=1S/C13H24O/c1-11(2)7-6-8-13(5,9-10-14)12(3)4/h7,10,12H,6,8-9H2,1-5H3/t13-/m1/s1. The maximum Gasteiger partial charge on any atom is 0.120 e. The van der Waals surface area contributed by atoms with Crippen LogP contribution in [-0.4, -0.2) is 6.29 Å². The van der Waals surface area contributed by atoms with E-state index in [2.05, 4.69) is 40.7 Å². The number of hydrogen-bond acceptors (Lipinski definition) is 1. The van der Waals surface area contributed by atoms with E-state index in [4.69, 9.17) is 0 Å². The molecule has 14 heavy (non-hydrogen) atoms. The Morgan fingerprint density at radius 1 is 1.36 bits per heavy atom. The zero-order chi connectivity index (χ0) is 11.2. The lowest BCUT2D eigenvalue weighted by molar-refractivity contribution is -0.110. The maximum absolute atomic E-state index is 10.6. The van der Waals surface area contributed by atoms with Gasteiger partial charge < -0.3 is 4.79 Å². The van der Waals surface area contributed by atoms with E-state index in [9.17, 15) is 4.79 Å². The normalized spacial score (nSPS) is 15.0. The Morgan fingerprint density at radius 2 is 1.93 bits per heavy atom. The number of aldehydes is 1. The van der Waals surface area contributed by atoms with Gasteiger partial charge in [0.25, 0.3) is 0 Å². The number of hydrogen-bond donors (Lipinski definition) is 0. The third kappa shape index (κ3) is 4.59. The van der Waals surface area contributed by atoms with Gasteiger partial charge in [-0.25, -0.2) is 0 Å². The van der Waals surface area contributed by atoms with Gasteiger partial charge in [-0.05, 0) is 38.0 Å². The molecule has 82 valence electrons. The summed E-state index contributed by atoms with van der Waals surface area (Å²) < 4.78 is 0. The molecule has 1 nitrogen and oxygen atoms in total. The molecule has 0 bridgehead atoms. The molecule has 0 N–H and O–H groups in total. The predicted octanol–water partition coefficient (Wildman–Crippen LogP) is 3.98. The molecule has 0 aliphatic rings. The first-order valence-corrected chi connectivity index (χ1v) is 5.49. The van der Waals surface area contributed by atoms with Crippen LogP contribution in [-0.2, 0) is 4.79 Å². The molecule has 0 saturated heterocycles. The quantitative estimate of drug-likeness (QED) is 0.464. The summed E-state index contributed by atoms with van der Waals surface area (Å²) in [7, 11) is 0. The van der Waals surface area contributed by atoms with E-state index in [1.54, 1.807) is 0 Å². The highest BCUT2D eigenvalue weighted by Gasteiger charge is 2.26. The molecule has 0 unspecified atom stereocenters. The van der Waals surface area contributed by atoms with Crippen molar-refractivity contribution in [3.63, 3.8) is 0 Å². The first-order chi connectivity index (χ1) is 6.42. The Bertz CT molecular complexity index is 199. The third-order valence-corrected chi connectivity index (χ3v) is 3.21. The van der Waals surface area contributed by atoms with Gasteiger partial charge in [-0.2, -0.15) is 0 Å². The van der Waals surface area contributed by atoms with E-state index in [1.807, 2.05) is 0 Å². The maximum atomic E-state index is 10.6. The van der Waals surface area contributed by atoms with Crippen molar-refractivity contribution in [2.24, 2.45) is 11.3 Å². The summed E-state index contributed by atoms with van der Waals surface area (Å²) in [6.45, 7) is 10.8. The Labute approximate surface area is 88.6 Å². The SMILES string of the molecule is CC(C)=CCC[C@](C)(CC=O)C(C)C. The lowest BCUT2D eigenvalue weighted by Crippen LogP contribution is -2.23. The van der Waals surface area contributed by atoms with E-state index in [0.29, 0.717) is 12.3 Å². The van der Waals surface area contributed by atoms with Gasteiger partial charge >= 0.3 is 0 Å². The first kappa shape index (κ1) is 13.4. The number of allylic oxidation sites excluding steroid dienone is 2. The van der Waals surface area contributed by atoms with E-state index in [0.717, 1.165) is 19.1 Å². The van der Waals surface area contributed by atoms with Crippen molar-refractivity contribution in [3.05, 3.63) is 11.6 Å². The summed E-state index contributed by atoms with van der Waals surface area (Å²) in [5, 5.41) is 0. The second kappa shape index (κ2) is 6.00. The zero-order valence-electron chi connectivity index (χ0n) is 10.3. The highest BCUT2D eigenvalue weighted by Crippen LogP contribution is 2.35. The van der Waals surface area contributed by atoms with Gasteiger partial charge in [0.1, 0.15) is 6.29 Å². The van der Waals surface area contributed by atoms with Gasteiger partial charge in [0, 0.05) is 6.42 Å².